The smallest absolute Gasteiger partial charge is 0.320 e. The molecule has 88 valence electrons. The van der Waals surface area contributed by atoms with Gasteiger partial charge in [-0.25, -0.2) is 0 Å². The minimum absolute atomic E-state index is 0.156. The number of carboxylic acids is 1. The Morgan fingerprint density at radius 1 is 1.56 bits per heavy atom. The zero-order valence-electron chi connectivity index (χ0n) is 9.02. The van der Waals surface area contributed by atoms with Gasteiger partial charge in [-0.05, 0) is 13.0 Å². The summed E-state index contributed by atoms with van der Waals surface area (Å²) in [5.41, 5.74) is 0. The van der Waals surface area contributed by atoms with Crippen LogP contribution in [-0.2, 0) is 4.79 Å². The highest BCUT2D eigenvalue weighted by Crippen LogP contribution is 2.23. The van der Waals surface area contributed by atoms with Gasteiger partial charge >= 0.3 is 5.97 Å². The van der Waals surface area contributed by atoms with Crippen LogP contribution >= 0.6 is 0 Å². The second-order valence-corrected chi connectivity index (χ2v) is 4.09. The summed E-state index contributed by atoms with van der Waals surface area (Å²) in [6.45, 7) is 2.51. The molecule has 0 aliphatic carbocycles. The van der Waals surface area contributed by atoms with Crippen molar-refractivity contribution in [1.82, 2.24) is 14.7 Å². The third-order valence-electron chi connectivity index (χ3n) is 3.06. The van der Waals surface area contributed by atoms with Crippen molar-refractivity contribution in [2.45, 2.75) is 25.1 Å². The molecular formula is C10H15N3O3. The Hall–Kier alpha value is -1.40. The number of likely N-dealkylation sites (tertiary alicyclic amines) is 1. The van der Waals surface area contributed by atoms with E-state index < -0.39 is 18.1 Å². The average molecular weight is 225 g/mol. The number of carbonyl (C=O) groups is 1. The van der Waals surface area contributed by atoms with E-state index in [-0.39, 0.29) is 6.04 Å². The van der Waals surface area contributed by atoms with E-state index in [4.69, 9.17) is 5.11 Å². The lowest BCUT2D eigenvalue weighted by molar-refractivity contribution is -0.142. The van der Waals surface area contributed by atoms with Gasteiger partial charge in [-0.2, -0.15) is 5.10 Å². The molecule has 0 bridgehead atoms. The molecule has 1 aromatic rings. The van der Waals surface area contributed by atoms with Gasteiger partial charge in [0.25, 0.3) is 0 Å². The normalized spacial score (nSPS) is 28.1. The first kappa shape index (κ1) is 11.1. The second-order valence-electron chi connectivity index (χ2n) is 4.09. The second kappa shape index (κ2) is 4.23. The molecular weight excluding hydrogens is 210 g/mol. The lowest BCUT2D eigenvalue weighted by Gasteiger charge is -2.19. The quantitative estimate of drug-likeness (QED) is 0.730. The maximum atomic E-state index is 10.8. The first-order valence-corrected chi connectivity index (χ1v) is 5.23. The summed E-state index contributed by atoms with van der Waals surface area (Å²) in [5.74, 6) is -0.867. The summed E-state index contributed by atoms with van der Waals surface area (Å²) in [4.78, 5) is 12.6. The fourth-order valence-electron chi connectivity index (χ4n) is 2.01. The molecule has 1 aliphatic heterocycles. The van der Waals surface area contributed by atoms with Crippen LogP contribution in [0.3, 0.4) is 0 Å². The number of aromatic nitrogens is 2. The summed E-state index contributed by atoms with van der Waals surface area (Å²) >= 11 is 0. The van der Waals surface area contributed by atoms with Gasteiger partial charge in [0.1, 0.15) is 6.04 Å². The summed E-state index contributed by atoms with van der Waals surface area (Å²) in [6.07, 6.45) is 2.86. The Bertz CT molecular complexity index is 365. The van der Waals surface area contributed by atoms with E-state index in [1.165, 1.54) is 0 Å². The van der Waals surface area contributed by atoms with Gasteiger partial charge < -0.3 is 10.2 Å². The van der Waals surface area contributed by atoms with Gasteiger partial charge in [-0.15, -0.1) is 0 Å². The van der Waals surface area contributed by atoms with Gasteiger partial charge in [0.05, 0.1) is 12.1 Å². The van der Waals surface area contributed by atoms with Crippen LogP contribution in [0.15, 0.2) is 18.5 Å². The minimum atomic E-state index is -0.867. The van der Waals surface area contributed by atoms with E-state index >= 15 is 0 Å². The molecule has 6 nitrogen and oxygen atoms in total. The van der Waals surface area contributed by atoms with Gasteiger partial charge in [0.2, 0.25) is 0 Å². The van der Waals surface area contributed by atoms with Gasteiger partial charge in [0, 0.05) is 25.5 Å². The standard InChI is InChI=1S/C10H15N3O3/c1-7(10(15)16)12-5-8(9(14)6-12)13-4-2-3-11-13/h2-4,7-9,14H,5-6H2,1H3,(H,15,16)/t7-,8-,9+/m1/s1. The zero-order chi connectivity index (χ0) is 11.7. The molecule has 3 atom stereocenters. The van der Waals surface area contributed by atoms with E-state index in [2.05, 4.69) is 5.10 Å². The van der Waals surface area contributed by atoms with Crippen molar-refractivity contribution in [3.63, 3.8) is 0 Å². The molecule has 0 saturated carbocycles. The first-order chi connectivity index (χ1) is 7.59. The molecule has 16 heavy (non-hydrogen) atoms. The molecule has 1 fully saturated rings. The SMILES string of the molecule is C[C@H](C(=O)O)N1C[C@@H](n2cccn2)[C@@H](O)C1. The van der Waals surface area contributed by atoms with E-state index in [1.807, 2.05) is 0 Å². The minimum Gasteiger partial charge on any atom is -0.480 e. The molecule has 0 unspecified atom stereocenters. The Kier molecular flexibility index (Phi) is 2.93. The Balaban J connectivity index is 2.07. The number of hydrogen-bond donors (Lipinski definition) is 2. The predicted molar refractivity (Wildman–Crippen MR) is 55.9 cm³/mol. The maximum Gasteiger partial charge on any atom is 0.320 e. The average Bonchev–Trinajstić information content (AvgIpc) is 2.84. The van der Waals surface area contributed by atoms with Crippen LogP contribution < -0.4 is 0 Å². The predicted octanol–water partition coefficient (Wildman–Crippen LogP) is -0.426. The number of aliphatic carboxylic acids is 1. The zero-order valence-corrected chi connectivity index (χ0v) is 9.02. The maximum absolute atomic E-state index is 10.8. The summed E-state index contributed by atoms with van der Waals surface area (Å²) in [5, 5.41) is 22.8. The van der Waals surface area contributed by atoms with E-state index in [0.29, 0.717) is 13.1 Å². The first-order valence-electron chi connectivity index (χ1n) is 5.23. The molecule has 1 aliphatic rings. The Morgan fingerprint density at radius 3 is 2.88 bits per heavy atom. The van der Waals surface area contributed by atoms with Crippen molar-refractivity contribution in [2.75, 3.05) is 13.1 Å². The topological polar surface area (TPSA) is 78.6 Å². The van der Waals surface area contributed by atoms with Crippen LogP contribution in [0, 0.1) is 0 Å². The number of β-amino-alcohol motifs (C(OH)–C–C–N with tert-alkyl or cyclic N) is 1. The van der Waals surface area contributed by atoms with Crippen molar-refractivity contribution in [3.05, 3.63) is 18.5 Å². The van der Waals surface area contributed by atoms with E-state index in [0.717, 1.165) is 0 Å². The molecule has 1 saturated heterocycles. The highest BCUT2D eigenvalue weighted by molar-refractivity contribution is 5.72. The Morgan fingerprint density at radius 2 is 2.31 bits per heavy atom. The Labute approximate surface area is 93.1 Å². The van der Waals surface area contributed by atoms with Gasteiger partial charge in [-0.1, -0.05) is 0 Å². The lowest BCUT2D eigenvalue weighted by Crippen LogP contribution is -2.37. The van der Waals surface area contributed by atoms with Crippen LogP contribution in [0.4, 0.5) is 0 Å². The molecule has 1 aromatic heterocycles. The van der Waals surface area contributed by atoms with Crippen molar-refractivity contribution in [2.24, 2.45) is 0 Å². The molecule has 2 rings (SSSR count). The molecule has 6 heteroatoms. The van der Waals surface area contributed by atoms with Crippen molar-refractivity contribution in [1.29, 1.82) is 0 Å². The van der Waals surface area contributed by atoms with Crippen LogP contribution in [0.25, 0.3) is 0 Å². The number of nitrogens with zero attached hydrogens (tertiary/aromatic N) is 3. The van der Waals surface area contributed by atoms with Crippen molar-refractivity contribution >= 4 is 5.97 Å². The molecule has 0 aromatic carbocycles. The number of aliphatic hydroxyl groups excluding tert-OH is 1. The van der Waals surface area contributed by atoms with Crippen LogP contribution in [0.1, 0.15) is 13.0 Å². The third-order valence-corrected chi connectivity index (χ3v) is 3.06. The highest BCUT2D eigenvalue weighted by Gasteiger charge is 2.37. The third kappa shape index (κ3) is 1.94. The number of hydrogen-bond acceptors (Lipinski definition) is 4. The molecule has 2 N–H and O–H groups in total. The van der Waals surface area contributed by atoms with Crippen LogP contribution in [-0.4, -0.2) is 56.1 Å². The van der Waals surface area contributed by atoms with E-state index in [1.54, 1.807) is 35.0 Å². The molecule has 0 spiro atoms. The summed E-state index contributed by atoms with van der Waals surface area (Å²) in [6, 6.07) is 1.06. The summed E-state index contributed by atoms with van der Waals surface area (Å²) < 4.78 is 1.68. The fourth-order valence-corrected chi connectivity index (χ4v) is 2.01. The monoisotopic (exact) mass is 225 g/mol. The molecule has 0 radical (unpaired) electrons. The van der Waals surface area contributed by atoms with Crippen LogP contribution in [0.2, 0.25) is 0 Å². The number of aliphatic hydroxyl groups is 1. The van der Waals surface area contributed by atoms with Crippen LogP contribution in [0.5, 0.6) is 0 Å². The molecule has 0 amide bonds. The van der Waals surface area contributed by atoms with Crippen molar-refractivity contribution in [3.8, 4) is 0 Å². The number of carboxylic acid groups (broad SMARTS) is 1. The van der Waals surface area contributed by atoms with Gasteiger partial charge in [0.15, 0.2) is 0 Å². The van der Waals surface area contributed by atoms with Gasteiger partial charge in [-0.3, -0.25) is 14.4 Å². The summed E-state index contributed by atoms with van der Waals surface area (Å²) in [7, 11) is 0. The van der Waals surface area contributed by atoms with Crippen molar-refractivity contribution < 1.29 is 15.0 Å². The van der Waals surface area contributed by atoms with E-state index in [9.17, 15) is 9.90 Å². The number of rotatable bonds is 3. The lowest BCUT2D eigenvalue weighted by atomic mass is 10.2. The highest BCUT2D eigenvalue weighted by atomic mass is 16.4. The molecule has 2 heterocycles. The fraction of sp³-hybridized carbons (Fsp3) is 0.600. The largest absolute Gasteiger partial charge is 0.480 e.